The maximum atomic E-state index is 13.2. The molecule has 1 saturated heterocycles. The Kier molecular flexibility index (Phi) is 5.25. The van der Waals surface area contributed by atoms with E-state index in [9.17, 15) is 4.79 Å². The van der Waals surface area contributed by atoms with E-state index in [2.05, 4.69) is 31.9 Å². The van der Waals surface area contributed by atoms with Crippen LogP contribution in [-0.2, 0) is 10.2 Å². The summed E-state index contributed by atoms with van der Waals surface area (Å²) >= 11 is 1.69. The zero-order valence-corrected chi connectivity index (χ0v) is 17.8. The van der Waals surface area contributed by atoms with Crippen LogP contribution in [-0.4, -0.2) is 29.2 Å². The molecule has 2 fully saturated rings. The van der Waals surface area contributed by atoms with Gasteiger partial charge in [0.05, 0.1) is 11.1 Å². The number of nitrogens with one attached hydrogen (secondary N) is 1. The fourth-order valence-electron chi connectivity index (χ4n) is 4.68. The molecule has 2 aliphatic rings. The van der Waals surface area contributed by atoms with Gasteiger partial charge in [0.1, 0.15) is 0 Å². The van der Waals surface area contributed by atoms with Crippen molar-refractivity contribution in [1.29, 1.82) is 0 Å². The minimum absolute atomic E-state index is 0.116. The van der Waals surface area contributed by atoms with Gasteiger partial charge in [-0.3, -0.25) is 4.79 Å². The van der Waals surface area contributed by atoms with E-state index in [0.717, 1.165) is 61.5 Å². The number of nitrogens with zero attached hydrogens (tertiary/aromatic N) is 3. The van der Waals surface area contributed by atoms with Crippen LogP contribution in [0.4, 0.5) is 11.5 Å². The van der Waals surface area contributed by atoms with Gasteiger partial charge in [-0.2, -0.15) is 0 Å². The third-order valence-corrected chi connectivity index (χ3v) is 7.48. The van der Waals surface area contributed by atoms with Crippen LogP contribution in [0, 0.1) is 0 Å². The molecule has 0 bridgehead atoms. The number of hydrogen-bond acceptors (Lipinski definition) is 5. The highest BCUT2D eigenvalue weighted by molar-refractivity contribution is 7.10. The normalized spacial score (nSPS) is 17.9. The highest BCUT2D eigenvalue weighted by Gasteiger charge is 2.43. The first-order valence-corrected chi connectivity index (χ1v) is 11.7. The van der Waals surface area contributed by atoms with Gasteiger partial charge in [-0.1, -0.05) is 31.0 Å². The maximum absolute atomic E-state index is 13.2. The molecule has 0 unspecified atom stereocenters. The Labute approximate surface area is 181 Å². The Hall–Kier alpha value is -2.73. The molecule has 154 valence electrons. The molecule has 1 saturated carbocycles. The van der Waals surface area contributed by atoms with Crippen LogP contribution in [0.1, 0.15) is 43.4 Å². The van der Waals surface area contributed by atoms with E-state index in [-0.39, 0.29) is 11.3 Å². The summed E-state index contributed by atoms with van der Waals surface area (Å²) in [6.45, 7) is 2.13. The van der Waals surface area contributed by atoms with Crippen molar-refractivity contribution < 1.29 is 4.79 Å². The zero-order chi connectivity index (χ0) is 20.4. The molecule has 1 N–H and O–H groups in total. The highest BCUT2D eigenvalue weighted by atomic mass is 32.1. The second-order valence-electron chi connectivity index (χ2n) is 8.27. The Bertz CT molecular complexity index is 987. The van der Waals surface area contributed by atoms with E-state index in [1.54, 1.807) is 11.3 Å². The van der Waals surface area contributed by atoms with Gasteiger partial charge < -0.3 is 10.2 Å². The van der Waals surface area contributed by atoms with Crippen LogP contribution in [0.3, 0.4) is 0 Å². The minimum Gasteiger partial charge on any atom is -0.355 e. The van der Waals surface area contributed by atoms with Crippen molar-refractivity contribution in [2.24, 2.45) is 0 Å². The van der Waals surface area contributed by atoms with Crippen molar-refractivity contribution in [3.63, 3.8) is 0 Å². The molecule has 1 aliphatic carbocycles. The third-order valence-electron chi connectivity index (χ3n) is 6.40. The van der Waals surface area contributed by atoms with Gasteiger partial charge in [0, 0.05) is 29.2 Å². The Morgan fingerprint density at radius 3 is 2.33 bits per heavy atom. The summed E-state index contributed by atoms with van der Waals surface area (Å²) in [5, 5.41) is 14.0. The molecular weight excluding hydrogens is 392 g/mol. The molecule has 2 aromatic heterocycles. The van der Waals surface area contributed by atoms with Crippen LogP contribution < -0.4 is 10.2 Å². The smallest absolute Gasteiger partial charge is 0.235 e. The van der Waals surface area contributed by atoms with Crippen molar-refractivity contribution in [3.05, 3.63) is 58.8 Å². The van der Waals surface area contributed by atoms with Gasteiger partial charge in [0.25, 0.3) is 0 Å². The monoisotopic (exact) mass is 418 g/mol. The molecule has 0 radical (unpaired) electrons. The van der Waals surface area contributed by atoms with E-state index in [1.165, 1.54) is 17.7 Å². The topological polar surface area (TPSA) is 58.1 Å². The second kappa shape index (κ2) is 8.19. The van der Waals surface area contributed by atoms with Crippen LogP contribution in [0.25, 0.3) is 11.3 Å². The Balaban J connectivity index is 1.30. The van der Waals surface area contributed by atoms with Crippen molar-refractivity contribution in [2.75, 3.05) is 23.3 Å². The fraction of sp³-hybridized carbons (Fsp3) is 0.375. The standard InChI is InChI=1S/C24H26N4OS/c29-23(24(13-1-2-14-24)21-6-5-17-30-21)25-19-9-7-18(8-10-19)20-11-12-22(27-26-20)28-15-3-4-16-28/h5-12,17H,1-4,13-16H2,(H,25,29). The SMILES string of the molecule is O=C(Nc1ccc(-c2ccc(N3CCCC3)nn2)cc1)C1(c2cccs2)CCCC1. The van der Waals surface area contributed by atoms with Crippen molar-refractivity contribution in [1.82, 2.24) is 10.2 Å². The predicted octanol–water partition coefficient (Wildman–Crippen LogP) is 5.26. The molecular formula is C24H26N4OS. The third kappa shape index (κ3) is 3.60. The van der Waals surface area contributed by atoms with Gasteiger partial charge in [0.2, 0.25) is 5.91 Å². The highest BCUT2D eigenvalue weighted by Crippen LogP contribution is 2.44. The van der Waals surface area contributed by atoms with Gasteiger partial charge in [-0.15, -0.1) is 21.5 Å². The second-order valence-corrected chi connectivity index (χ2v) is 9.22. The largest absolute Gasteiger partial charge is 0.355 e. The van der Waals surface area contributed by atoms with E-state index in [4.69, 9.17) is 0 Å². The van der Waals surface area contributed by atoms with Crippen LogP contribution in [0.5, 0.6) is 0 Å². The molecule has 5 nitrogen and oxygen atoms in total. The van der Waals surface area contributed by atoms with Gasteiger partial charge in [0.15, 0.2) is 5.82 Å². The summed E-state index contributed by atoms with van der Waals surface area (Å²) < 4.78 is 0. The van der Waals surface area contributed by atoms with E-state index < -0.39 is 0 Å². The molecule has 3 aromatic rings. The number of hydrogen-bond donors (Lipinski definition) is 1. The van der Waals surface area contributed by atoms with Gasteiger partial charge >= 0.3 is 0 Å². The summed E-state index contributed by atoms with van der Waals surface area (Å²) in [5.74, 6) is 1.07. The molecule has 1 aromatic carbocycles. The lowest BCUT2D eigenvalue weighted by Gasteiger charge is -2.26. The molecule has 0 atom stereocenters. The number of benzene rings is 1. The first-order valence-electron chi connectivity index (χ1n) is 10.8. The molecule has 3 heterocycles. The summed E-state index contributed by atoms with van der Waals surface area (Å²) in [4.78, 5) is 16.7. The minimum atomic E-state index is -0.371. The van der Waals surface area contributed by atoms with Crippen LogP contribution in [0.15, 0.2) is 53.9 Å². The maximum Gasteiger partial charge on any atom is 0.235 e. The van der Waals surface area contributed by atoms with Crippen molar-refractivity contribution in [2.45, 2.75) is 43.9 Å². The number of carbonyl (C=O) groups excluding carboxylic acids is 1. The lowest BCUT2D eigenvalue weighted by Crippen LogP contribution is -2.37. The Morgan fingerprint density at radius 1 is 0.933 bits per heavy atom. The summed E-state index contributed by atoms with van der Waals surface area (Å²) in [7, 11) is 0. The van der Waals surface area contributed by atoms with Gasteiger partial charge in [-0.05, 0) is 61.4 Å². The van der Waals surface area contributed by atoms with E-state index in [0.29, 0.717) is 0 Å². The summed E-state index contributed by atoms with van der Waals surface area (Å²) in [5.41, 5.74) is 2.31. The fourth-order valence-corrected chi connectivity index (χ4v) is 5.67. The quantitative estimate of drug-likeness (QED) is 0.614. The molecule has 5 rings (SSSR count). The molecule has 1 aliphatic heterocycles. The molecule has 30 heavy (non-hydrogen) atoms. The molecule has 0 spiro atoms. The number of rotatable bonds is 5. The summed E-state index contributed by atoms with van der Waals surface area (Å²) in [6, 6.07) is 16.1. The van der Waals surface area contributed by atoms with Crippen LogP contribution >= 0.6 is 11.3 Å². The Morgan fingerprint density at radius 2 is 1.70 bits per heavy atom. The van der Waals surface area contributed by atoms with E-state index in [1.807, 2.05) is 42.5 Å². The first-order chi connectivity index (χ1) is 14.7. The van der Waals surface area contributed by atoms with E-state index >= 15 is 0 Å². The van der Waals surface area contributed by atoms with Crippen LogP contribution in [0.2, 0.25) is 0 Å². The van der Waals surface area contributed by atoms with Gasteiger partial charge in [-0.25, -0.2) is 0 Å². The summed E-state index contributed by atoms with van der Waals surface area (Å²) in [6.07, 6.45) is 6.52. The molecule has 6 heteroatoms. The number of thiophene rings is 1. The van der Waals surface area contributed by atoms with Crippen molar-refractivity contribution in [3.8, 4) is 11.3 Å². The zero-order valence-electron chi connectivity index (χ0n) is 17.0. The average Bonchev–Trinajstić information content (AvgIpc) is 3.57. The average molecular weight is 419 g/mol. The molecule has 1 amide bonds. The lowest BCUT2D eigenvalue weighted by molar-refractivity contribution is -0.121. The number of amides is 1. The number of carbonyl (C=O) groups is 1. The first kappa shape index (κ1) is 19.2. The van der Waals surface area contributed by atoms with Crippen molar-refractivity contribution >= 4 is 28.7 Å². The lowest BCUT2D eigenvalue weighted by atomic mass is 9.83. The predicted molar refractivity (Wildman–Crippen MR) is 122 cm³/mol. The number of aromatic nitrogens is 2. The number of anilines is 2.